The van der Waals surface area contributed by atoms with Crippen LogP contribution in [0.2, 0.25) is 0 Å². The molecule has 8 nitrogen and oxygen atoms in total. The van der Waals surface area contributed by atoms with Crippen LogP contribution in [0.3, 0.4) is 0 Å². The third-order valence-electron chi connectivity index (χ3n) is 5.94. The SMILES string of the molecule is COc1ccc(N2C(=O)CC(N(CC(OC)OC)C(=O)C3CCCCC3)C2=O)cc1. The van der Waals surface area contributed by atoms with E-state index in [0.717, 1.165) is 37.0 Å². The van der Waals surface area contributed by atoms with Crippen LogP contribution in [0.4, 0.5) is 5.69 Å². The number of imide groups is 1. The Morgan fingerprint density at radius 1 is 1.07 bits per heavy atom. The van der Waals surface area contributed by atoms with E-state index in [9.17, 15) is 14.4 Å². The van der Waals surface area contributed by atoms with E-state index in [0.29, 0.717) is 11.4 Å². The molecule has 0 bridgehead atoms. The van der Waals surface area contributed by atoms with Gasteiger partial charge in [-0.1, -0.05) is 19.3 Å². The molecule has 1 aliphatic carbocycles. The minimum absolute atomic E-state index is 0.0521. The minimum Gasteiger partial charge on any atom is -0.497 e. The molecule has 1 aliphatic heterocycles. The van der Waals surface area contributed by atoms with Crippen molar-refractivity contribution in [2.24, 2.45) is 5.92 Å². The van der Waals surface area contributed by atoms with E-state index >= 15 is 0 Å². The Labute approximate surface area is 177 Å². The predicted molar refractivity (Wildman–Crippen MR) is 110 cm³/mol. The molecule has 1 aromatic carbocycles. The molecule has 8 heteroatoms. The number of amides is 3. The van der Waals surface area contributed by atoms with E-state index in [1.54, 1.807) is 31.4 Å². The Morgan fingerprint density at radius 3 is 2.27 bits per heavy atom. The van der Waals surface area contributed by atoms with Crippen molar-refractivity contribution in [1.82, 2.24) is 4.90 Å². The fourth-order valence-electron chi connectivity index (χ4n) is 4.22. The first-order valence-corrected chi connectivity index (χ1v) is 10.4. The largest absolute Gasteiger partial charge is 0.497 e. The number of methoxy groups -OCH3 is 3. The second kappa shape index (κ2) is 10.0. The maximum atomic E-state index is 13.3. The standard InChI is InChI=1S/C22H30N2O6/c1-28-17-11-9-16(10-12-17)24-19(25)13-18(22(24)27)23(14-20(29-2)30-3)21(26)15-7-5-4-6-8-15/h9-12,15,18,20H,4-8,13-14H2,1-3H3. The van der Waals surface area contributed by atoms with E-state index in [4.69, 9.17) is 14.2 Å². The quantitative estimate of drug-likeness (QED) is 0.476. The highest BCUT2D eigenvalue weighted by molar-refractivity contribution is 6.23. The highest BCUT2D eigenvalue weighted by Gasteiger charge is 2.46. The van der Waals surface area contributed by atoms with Crippen molar-refractivity contribution in [3.05, 3.63) is 24.3 Å². The Hall–Kier alpha value is -2.45. The van der Waals surface area contributed by atoms with Gasteiger partial charge in [-0.3, -0.25) is 14.4 Å². The van der Waals surface area contributed by atoms with Crippen molar-refractivity contribution in [2.75, 3.05) is 32.8 Å². The monoisotopic (exact) mass is 418 g/mol. The van der Waals surface area contributed by atoms with E-state index < -0.39 is 18.2 Å². The summed E-state index contributed by atoms with van der Waals surface area (Å²) in [6.45, 7) is 0.0997. The number of carbonyl (C=O) groups is 3. The molecule has 30 heavy (non-hydrogen) atoms. The fourth-order valence-corrected chi connectivity index (χ4v) is 4.22. The van der Waals surface area contributed by atoms with Crippen LogP contribution in [-0.4, -0.2) is 62.8 Å². The van der Waals surface area contributed by atoms with E-state index in [1.807, 2.05) is 0 Å². The summed E-state index contributed by atoms with van der Waals surface area (Å²) in [5.41, 5.74) is 0.466. The van der Waals surface area contributed by atoms with Gasteiger partial charge in [0.1, 0.15) is 11.8 Å². The normalized spacial score (nSPS) is 20.1. The molecule has 164 valence electrons. The molecule has 1 aromatic rings. The summed E-state index contributed by atoms with van der Waals surface area (Å²) >= 11 is 0. The maximum Gasteiger partial charge on any atom is 0.257 e. The average molecular weight is 418 g/mol. The van der Waals surface area contributed by atoms with E-state index in [-0.39, 0.29) is 30.7 Å². The molecule has 0 spiro atoms. The number of hydrogen-bond acceptors (Lipinski definition) is 6. The van der Waals surface area contributed by atoms with Gasteiger partial charge >= 0.3 is 0 Å². The maximum absolute atomic E-state index is 13.3. The van der Waals surface area contributed by atoms with Crippen molar-refractivity contribution < 1.29 is 28.6 Å². The zero-order valence-electron chi connectivity index (χ0n) is 17.8. The van der Waals surface area contributed by atoms with Gasteiger partial charge in [0, 0.05) is 20.1 Å². The number of rotatable bonds is 8. The van der Waals surface area contributed by atoms with Gasteiger partial charge in [0.05, 0.1) is 25.8 Å². The molecule has 0 aromatic heterocycles. The number of nitrogens with zero attached hydrogens (tertiary/aromatic N) is 2. The van der Waals surface area contributed by atoms with Crippen LogP contribution in [0.25, 0.3) is 0 Å². The van der Waals surface area contributed by atoms with Crippen molar-refractivity contribution in [2.45, 2.75) is 50.9 Å². The predicted octanol–water partition coefficient (Wildman–Crippen LogP) is 2.35. The smallest absolute Gasteiger partial charge is 0.257 e. The number of anilines is 1. The summed E-state index contributed by atoms with van der Waals surface area (Å²) in [4.78, 5) is 42.0. The second-order valence-corrected chi connectivity index (χ2v) is 7.71. The van der Waals surface area contributed by atoms with Crippen molar-refractivity contribution in [1.29, 1.82) is 0 Å². The van der Waals surface area contributed by atoms with Crippen LogP contribution in [0.5, 0.6) is 5.75 Å². The molecule has 3 rings (SSSR count). The minimum atomic E-state index is -0.859. The van der Waals surface area contributed by atoms with Crippen LogP contribution < -0.4 is 9.64 Å². The van der Waals surface area contributed by atoms with Crippen molar-refractivity contribution in [3.63, 3.8) is 0 Å². The van der Waals surface area contributed by atoms with Gasteiger partial charge in [0.15, 0.2) is 6.29 Å². The molecule has 2 fully saturated rings. The van der Waals surface area contributed by atoms with Crippen LogP contribution in [0, 0.1) is 5.92 Å². The lowest BCUT2D eigenvalue weighted by Gasteiger charge is -2.34. The highest BCUT2D eigenvalue weighted by Crippen LogP contribution is 2.31. The summed E-state index contributed by atoms with van der Waals surface area (Å²) < 4.78 is 15.7. The second-order valence-electron chi connectivity index (χ2n) is 7.71. The molecule has 1 saturated heterocycles. The Bertz CT molecular complexity index is 755. The lowest BCUT2D eigenvalue weighted by atomic mass is 9.88. The number of carbonyl (C=O) groups excluding carboxylic acids is 3. The molecular weight excluding hydrogens is 388 g/mol. The van der Waals surface area contributed by atoms with Gasteiger partial charge in [-0.05, 0) is 37.1 Å². The van der Waals surface area contributed by atoms with E-state index in [1.165, 1.54) is 19.1 Å². The van der Waals surface area contributed by atoms with Crippen LogP contribution in [-0.2, 0) is 23.9 Å². The molecule has 1 saturated carbocycles. The molecule has 2 aliphatic rings. The summed E-state index contributed by atoms with van der Waals surface area (Å²) in [6.07, 6.45) is 4.00. The Kier molecular flexibility index (Phi) is 7.44. The molecule has 3 amide bonds. The van der Waals surface area contributed by atoms with Gasteiger partial charge in [-0.15, -0.1) is 0 Å². The van der Waals surface area contributed by atoms with Gasteiger partial charge in [-0.2, -0.15) is 0 Å². The van der Waals surface area contributed by atoms with Crippen LogP contribution in [0.1, 0.15) is 38.5 Å². The summed E-state index contributed by atoms with van der Waals surface area (Å²) in [7, 11) is 4.53. The lowest BCUT2D eigenvalue weighted by molar-refractivity contribution is -0.156. The summed E-state index contributed by atoms with van der Waals surface area (Å²) in [5.74, 6) is -0.336. The van der Waals surface area contributed by atoms with Crippen molar-refractivity contribution >= 4 is 23.4 Å². The van der Waals surface area contributed by atoms with Crippen LogP contribution in [0.15, 0.2) is 24.3 Å². The van der Waals surface area contributed by atoms with Gasteiger partial charge in [-0.25, -0.2) is 4.90 Å². The highest BCUT2D eigenvalue weighted by atomic mass is 16.7. The Morgan fingerprint density at radius 2 is 1.70 bits per heavy atom. The molecule has 0 radical (unpaired) electrons. The topological polar surface area (TPSA) is 85.4 Å². The van der Waals surface area contributed by atoms with Crippen LogP contribution >= 0.6 is 0 Å². The number of benzene rings is 1. The molecule has 1 unspecified atom stereocenters. The first-order chi connectivity index (χ1) is 14.5. The number of hydrogen-bond donors (Lipinski definition) is 0. The van der Waals surface area contributed by atoms with Gasteiger partial charge < -0.3 is 19.1 Å². The first-order valence-electron chi connectivity index (χ1n) is 10.4. The van der Waals surface area contributed by atoms with Gasteiger partial charge in [0.25, 0.3) is 5.91 Å². The third kappa shape index (κ3) is 4.65. The zero-order chi connectivity index (χ0) is 21.7. The molecular formula is C22H30N2O6. The zero-order valence-corrected chi connectivity index (χ0v) is 17.8. The summed E-state index contributed by atoms with van der Waals surface area (Å²) in [5, 5.41) is 0. The Balaban J connectivity index is 1.85. The van der Waals surface area contributed by atoms with Gasteiger partial charge in [0.2, 0.25) is 11.8 Å². The van der Waals surface area contributed by atoms with Crippen molar-refractivity contribution in [3.8, 4) is 5.75 Å². The first kappa shape index (κ1) is 22.2. The van der Waals surface area contributed by atoms with E-state index in [2.05, 4.69) is 0 Å². The molecule has 0 N–H and O–H groups in total. The average Bonchev–Trinajstić information content (AvgIpc) is 3.08. The molecule has 1 atom stereocenters. The number of ether oxygens (including phenoxy) is 3. The summed E-state index contributed by atoms with van der Waals surface area (Å²) in [6, 6.07) is 5.86. The lowest BCUT2D eigenvalue weighted by Crippen LogP contribution is -2.51. The third-order valence-corrected chi connectivity index (χ3v) is 5.94. The fraction of sp³-hybridized carbons (Fsp3) is 0.591. The molecule has 1 heterocycles.